The van der Waals surface area contributed by atoms with Gasteiger partial charge in [0.05, 0.1) is 17.4 Å². The van der Waals surface area contributed by atoms with Crippen molar-refractivity contribution in [3.05, 3.63) is 24.0 Å². The molecule has 0 bridgehead atoms. The molecule has 2 aliphatic heterocycles. The van der Waals surface area contributed by atoms with E-state index in [1.807, 2.05) is 12.3 Å². The zero-order valence-electron chi connectivity index (χ0n) is 8.40. The molecule has 1 spiro atoms. The Hall–Kier alpha value is -1.60. The first kappa shape index (κ1) is 8.69. The lowest BCUT2D eigenvalue weighted by molar-refractivity contribution is 0.121. The smallest absolute Gasteiger partial charge is 0.101 e. The third kappa shape index (κ3) is 1.28. The highest BCUT2D eigenvalue weighted by atomic mass is 15.3. The van der Waals surface area contributed by atoms with Gasteiger partial charge in [-0.3, -0.25) is 4.98 Å². The molecule has 0 radical (unpaired) electrons. The average molecular weight is 200 g/mol. The lowest BCUT2D eigenvalue weighted by Crippen LogP contribution is -2.71. The number of nitrogens with zero attached hydrogens (tertiary/aromatic N) is 3. The zero-order chi connectivity index (χ0) is 10.3. The van der Waals surface area contributed by atoms with E-state index in [2.05, 4.69) is 21.3 Å². The zero-order valence-corrected chi connectivity index (χ0v) is 8.40. The van der Waals surface area contributed by atoms with Crippen LogP contribution in [0.25, 0.3) is 0 Å². The van der Waals surface area contributed by atoms with Crippen LogP contribution in [0.4, 0.5) is 5.69 Å². The number of rotatable bonds is 1. The van der Waals surface area contributed by atoms with Crippen molar-refractivity contribution < 1.29 is 0 Å². The van der Waals surface area contributed by atoms with Crippen LogP contribution in [0.3, 0.4) is 0 Å². The van der Waals surface area contributed by atoms with Gasteiger partial charge in [-0.25, -0.2) is 0 Å². The summed E-state index contributed by atoms with van der Waals surface area (Å²) < 4.78 is 0. The highest BCUT2D eigenvalue weighted by Crippen LogP contribution is 2.37. The summed E-state index contributed by atoms with van der Waals surface area (Å²) in [7, 11) is 0. The van der Waals surface area contributed by atoms with E-state index in [1.165, 1.54) is 0 Å². The van der Waals surface area contributed by atoms with Crippen molar-refractivity contribution >= 4 is 5.69 Å². The molecule has 1 aromatic rings. The largest absolute Gasteiger partial charge is 0.369 e. The van der Waals surface area contributed by atoms with E-state index < -0.39 is 0 Å². The Morgan fingerprint density at radius 3 is 2.80 bits per heavy atom. The lowest BCUT2D eigenvalue weighted by atomic mass is 9.74. The van der Waals surface area contributed by atoms with E-state index in [9.17, 15) is 0 Å². The van der Waals surface area contributed by atoms with Gasteiger partial charge in [0.1, 0.15) is 6.07 Å². The van der Waals surface area contributed by atoms with E-state index in [1.54, 1.807) is 6.20 Å². The summed E-state index contributed by atoms with van der Waals surface area (Å²) >= 11 is 0. The molecule has 0 amide bonds. The summed E-state index contributed by atoms with van der Waals surface area (Å²) in [5.74, 6) is 0. The first-order chi connectivity index (χ1) is 7.31. The van der Waals surface area contributed by atoms with Gasteiger partial charge in [0.2, 0.25) is 0 Å². The Bertz CT molecular complexity index is 422. The van der Waals surface area contributed by atoms with E-state index in [4.69, 9.17) is 5.26 Å². The lowest BCUT2D eigenvalue weighted by Gasteiger charge is -2.57. The van der Waals surface area contributed by atoms with Crippen LogP contribution in [-0.4, -0.2) is 31.2 Å². The Kier molecular flexibility index (Phi) is 1.70. The summed E-state index contributed by atoms with van der Waals surface area (Å²) in [5, 5.41) is 12.1. The van der Waals surface area contributed by atoms with Gasteiger partial charge in [-0.15, -0.1) is 0 Å². The number of nitrogens with one attached hydrogen (secondary N) is 1. The van der Waals surface area contributed by atoms with Crippen molar-refractivity contribution in [1.29, 1.82) is 5.26 Å². The van der Waals surface area contributed by atoms with Crippen molar-refractivity contribution in [2.24, 2.45) is 5.41 Å². The predicted octanol–water partition coefficient (Wildman–Crippen LogP) is 0.363. The topological polar surface area (TPSA) is 52.0 Å². The van der Waals surface area contributed by atoms with Gasteiger partial charge in [-0.2, -0.15) is 5.26 Å². The number of anilines is 1. The molecule has 76 valence electrons. The van der Waals surface area contributed by atoms with Gasteiger partial charge >= 0.3 is 0 Å². The molecule has 2 saturated heterocycles. The molecule has 4 heteroatoms. The maximum atomic E-state index is 8.78. The van der Waals surface area contributed by atoms with Crippen molar-refractivity contribution in [3.8, 4) is 6.07 Å². The Balaban J connectivity index is 1.75. The summed E-state index contributed by atoms with van der Waals surface area (Å²) in [4.78, 5) is 6.36. The van der Waals surface area contributed by atoms with Crippen molar-refractivity contribution in [2.45, 2.75) is 0 Å². The first-order valence-electron chi connectivity index (χ1n) is 5.12. The van der Waals surface area contributed by atoms with Crippen LogP contribution in [0.15, 0.2) is 18.5 Å². The average Bonchev–Trinajstić information content (AvgIpc) is 2.14. The SMILES string of the molecule is N#Cc1cncc(N2CC3(CNC3)C2)c1. The molecule has 15 heavy (non-hydrogen) atoms. The third-order valence-corrected chi connectivity index (χ3v) is 3.27. The number of pyridine rings is 1. The molecule has 1 aromatic heterocycles. The summed E-state index contributed by atoms with van der Waals surface area (Å²) in [6.45, 7) is 4.46. The van der Waals surface area contributed by atoms with Crippen LogP contribution in [-0.2, 0) is 0 Å². The van der Waals surface area contributed by atoms with Gasteiger partial charge in [-0.1, -0.05) is 0 Å². The summed E-state index contributed by atoms with van der Waals surface area (Å²) in [6, 6.07) is 4.03. The number of nitriles is 1. The van der Waals surface area contributed by atoms with Gasteiger partial charge in [0.15, 0.2) is 0 Å². The van der Waals surface area contributed by atoms with Gasteiger partial charge < -0.3 is 10.2 Å². The standard InChI is InChI=1S/C11H12N4/c12-2-9-1-10(4-13-3-9)15-7-11(8-15)5-14-6-11/h1,3-4,14H,5-8H2. The van der Waals surface area contributed by atoms with Crippen LogP contribution in [0.1, 0.15) is 5.56 Å². The van der Waals surface area contributed by atoms with Crippen LogP contribution in [0, 0.1) is 16.7 Å². The monoisotopic (exact) mass is 200 g/mol. The highest BCUT2D eigenvalue weighted by Gasteiger charge is 2.47. The van der Waals surface area contributed by atoms with Crippen LogP contribution < -0.4 is 10.2 Å². The van der Waals surface area contributed by atoms with Crippen LogP contribution in [0.5, 0.6) is 0 Å². The molecule has 0 aliphatic carbocycles. The fraction of sp³-hybridized carbons (Fsp3) is 0.455. The fourth-order valence-corrected chi connectivity index (χ4v) is 2.31. The Morgan fingerprint density at radius 2 is 2.20 bits per heavy atom. The molecule has 3 heterocycles. The van der Waals surface area contributed by atoms with E-state index in [0.717, 1.165) is 31.9 Å². The number of hydrogen-bond acceptors (Lipinski definition) is 4. The van der Waals surface area contributed by atoms with Crippen molar-refractivity contribution in [1.82, 2.24) is 10.3 Å². The minimum absolute atomic E-state index is 0.517. The quantitative estimate of drug-likeness (QED) is 0.711. The molecular formula is C11H12N4. The van der Waals surface area contributed by atoms with Crippen LogP contribution >= 0.6 is 0 Å². The molecular weight excluding hydrogens is 188 g/mol. The molecule has 0 saturated carbocycles. The van der Waals surface area contributed by atoms with Crippen LogP contribution in [0.2, 0.25) is 0 Å². The van der Waals surface area contributed by atoms with E-state index >= 15 is 0 Å². The Labute approximate surface area is 88.5 Å². The van der Waals surface area contributed by atoms with Crippen molar-refractivity contribution in [2.75, 3.05) is 31.1 Å². The molecule has 4 nitrogen and oxygen atoms in total. The summed E-state index contributed by atoms with van der Waals surface area (Å²) in [5.41, 5.74) is 2.23. The van der Waals surface area contributed by atoms with Gasteiger partial charge in [0.25, 0.3) is 0 Å². The van der Waals surface area contributed by atoms with E-state index in [-0.39, 0.29) is 0 Å². The minimum atomic E-state index is 0.517. The molecule has 3 rings (SSSR count). The summed E-state index contributed by atoms with van der Waals surface area (Å²) in [6.07, 6.45) is 3.43. The number of aromatic nitrogens is 1. The normalized spacial score (nSPS) is 21.7. The molecule has 1 N–H and O–H groups in total. The molecule has 0 aromatic carbocycles. The second-order valence-electron chi connectivity index (χ2n) is 4.50. The Morgan fingerprint density at radius 1 is 1.40 bits per heavy atom. The molecule has 2 aliphatic rings. The maximum absolute atomic E-state index is 8.78. The third-order valence-electron chi connectivity index (χ3n) is 3.27. The molecule has 0 atom stereocenters. The van der Waals surface area contributed by atoms with Crippen molar-refractivity contribution in [3.63, 3.8) is 0 Å². The second-order valence-corrected chi connectivity index (χ2v) is 4.50. The van der Waals surface area contributed by atoms with Gasteiger partial charge in [0, 0.05) is 37.8 Å². The van der Waals surface area contributed by atoms with E-state index in [0.29, 0.717) is 11.0 Å². The highest BCUT2D eigenvalue weighted by molar-refractivity contribution is 5.52. The number of hydrogen-bond donors (Lipinski definition) is 1. The van der Waals surface area contributed by atoms with Gasteiger partial charge in [-0.05, 0) is 6.07 Å². The molecule has 2 fully saturated rings. The first-order valence-corrected chi connectivity index (χ1v) is 5.12. The predicted molar refractivity (Wildman–Crippen MR) is 56.5 cm³/mol. The molecule has 0 unspecified atom stereocenters. The maximum Gasteiger partial charge on any atom is 0.101 e. The second kappa shape index (κ2) is 2.94. The fourth-order valence-electron chi connectivity index (χ4n) is 2.31. The minimum Gasteiger partial charge on any atom is -0.369 e.